The number of nitrogens with zero attached hydrogens (tertiary/aromatic N) is 1. The molecule has 4 heteroatoms. The zero-order chi connectivity index (χ0) is 14.1. The van der Waals surface area contributed by atoms with Gasteiger partial charge in [-0.15, -0.1) is 0 Å². The molecule has 98 valence electrons. The summed E-state index contributed by atoms with van der Waals surface area (Å²) in [4.78, 5) is 16.5. The molecular formula is C16H9ClFNO. The lowest BCUT2D eigenvalue weighted by molar-refractivity contribution is 0.103. The summed E-state index contributed by atoms with van der Waals surface area (Å²) in [5.74, 6) is -1.08. The van der Waals surface area contributed by atoms with Crippen LogP contribution in [0.5, 0.6) is 0 Å². The molecule has 0 unspecified atom stereocenters. The quantitative estimate of drug-likeness (QED) is 0.659. The Labute approximate surface area is 119 Å². The third-order valence-corrected chi connectivity index (χ3v) is 3.41. The van der Waals surface area contributed by atoms with E-state index in [0.29, 0.717) is 5.56 Å². The number of pyridine rings is 1. The first-order valence-corrected chi connectivity index (χ1v) is 6.38. The maximum Gasteiger partial charge on any atom is 0.196 e. The predicted octanol–water partition coefficient (Wildman–Crippen LogP) is 4.26. The highest BCUT2D eigenvalue weighted by Crippen LogP contribution is 2.24. The Bertz CT molecular complexity index is 811. The second kappa shape index (κ2) is 5.02. The van der Waals surface area contributed by atoms with Gasteiger partial charge in [-0.2, -0.15) is 0 Å². The summed E-state index contributed by atoms with van der Waals surface area (Å²) in [5.41, 5.74) is 0.410. The van der Waals surface area contributed by atoms with Gasteiger partial charge in [0.1, 0.15) is 0 Å². The first kappa shape index (κ1) is 12.8. The standard InChI is InChI=1S/C16H9ClFNO/c17-14-6-2-5-13(15(14)18)16(20)12-4-1-3-10-9-19-8-7-11(10)12/h1-9H. The summed E-state index contributed by atoms with van der Waals surface area (Å²) in [7, 11) is 0. The topological polar surface area (TPSA) is 30.0 Å². The molecule has 0 fully saturated rings. The van der Waals surface area contributed by atoms with E-state index < -0.39 is 5.82 Å². The number of hydrogen-bond acceptors (Lipinski definition) is 2. The van der Waals surface area contributed by atoms with E-state index >= 15 is 0 Å². The Morgan fingerprint density at radius 2 is 1.80 bits per heavy atom. The number of ketones is 1. The maximum atomic E-state index is 14.0. The summed E-state index contributed by atoms with van der Waals surface area (Å²) in [6, 6.07) is 11.4. The zero-order valence-electron chi connectivity index (χ0n) is 10.3. The van der Waals surface area contributed by atoms with Crippen molar-refractivity contribution in [3.8, 4) is 0 Å². The first-order valence-electron chi connectivity index (χ1n) is 6.00. The van der Waals surface area contributed by atoms with Gasteiger partial charge in [-0.05, 0) is 23.6 Å². The van der Waals surface area contributed by atoms with Gasteiger partial charge in [0.05, 0.1) is 10.6 Å². The Balaban J connectivity index is 2.21. The molecule has 0 radical (unpaired) electrons. The van der Waals surface area contributed by atoms with Crippen LogP contribution in [0, 0.1) is 5.82 Å². The molecule has 3 aromatic rings. The SMILES string of the molecule is O=C(c1cccc(Cl)c1F)c1cccc2cnccc12. The van der Waals surface area contributed by atoms with Gasteiger partial charge in [0.25, 0.3) is 0 Å². The molecule has 20 heavy (non-hydrogen) atoms. The minimum atomic E-state index is -0.690. The van der Waals surface area contributed by atoms with Crippen molar-refractivity contribution < 1.29 is 9.18 Å². The molecule has 0 spiro atoms. The normalized spacial score (nSPS) is 10.7. The van der Waals surface area contributed by atoms with Crippen LogP contribution in [0.15, 0.2) is 54.9 Å². The van der Waals surface area contributed by atoms with Crippen molar-refractivity contribution in [3.05, 3.63) is 76.8 Å². The van der Waals surface area contributed by atoms with Crippen LogP contribution in [0.25, 0.3) is 10.8 Å². The minimum Gasteiger partial charge on any atom is -0.288 e. The third kappa shape index (κ3) is 2.06. The number of benzene rings is 2. The molecule has 3 rings (SSSR count). The van der Waals surface area contributed by atoms with Crippen LogP contribution in [-0.2, 0) is 0 Å². The molecule has 0 saturated carbocycles. The third-order valence-electron chi connectivity index (χ3n) is 3.12. The fourth-order valence-corrected chi connectivity index (χ4v) is 2.32. The highest BCUT2D eigenvalue weighted by Gasteiger charge is 2.17. The predicted molar refractivity (Wildman–Crippen MR) is 76.6 cm³/mol. The van der Waals surface area contributed by atoms with E-state index in [1.807, 2.05) is 6.07 Å². The number of hydrogen-bond donors (Lipinski definition) is 0. The molecular weight excluding hydrogens is 277 g/mol. The summed E-state index contributed by atoms with van der Waals surface area (Å²) < 4.78 is 14.0. The van der Waals surface area contributed by atoms with E-state index in [9.17, 15) is 9.18 Å². The lowest BCUT2D eigenvalue weighted by atomic mass is 9.98. The largest absolute Gasteiger partial charge is 0.288 e. The van der Waals surface area contributed by atoms with Gasteiger partial charge in [-0.25, -0.2) is 4.39 Å². The van der Waals surface area contributed by atoms with Crippen LogP contribution in [0.3, 0.4) is 0 Å². The lowest BCUT2D eigenvalue weighted by Gasteiger charge is -2.07. The molecule has 2 aromatic carbocycles. The minimum absolute atomic E-state index is 0.0261. The van der Waals surface area contributed by atoms with Crippen LogP contribution in [-0.4, -0.2) is 10.8 Å². The molecule has 2 nitrogen and oxygen atoms in total. The highest BCUT2D eigenvalue weighted by atomic mass is 35.5. The van der Waals surface area contributed by atoms with Crippen LogP contribution in [0.2, 0.25) is 5.02 Å². The molecule has 0 aliphatic carbocycles. The second-order valence-electron chi connectivity index (χ2n) is 4.33. The van der Waals surface area contributed by atoms with Gasteiger partial charge in [-0.1, -0.05) is 35.9 Å². The van der Waals surface area contributed by atoms with Crippen LogP contribution in [0.4, 0.5) is 4.39 Å². The molecule has 0 N–H and O–H groups in total. The Morgan fingerprint density at radius 3 is 2.65 bits per heavy atom. The van der Waals surface area contributed by atoms with Gasteiger partial charge in [0, 0.05) is 23.3 Å². The highest BCUT2D eigenvalue weighted by molar-refractivity contribution is 6.31. The molecule has 0 bridgehead atoms. The van der Waals surface area contributed by atoms with Crippen molar-refractivity contribution in [1.82, 2.24) is 4.98 Å². The number of carbonyl (C=O) groups excluding carboxylic acids is 1. The van der Waals surface area contributed by atoms with Crippen molar-refractivity contribution >= 4 is 28.2 Å². The molecule has 0 aliphatic rings. The number of carbonyl (C=O) groups is 1. The van der Waals surface area contributed by atoms with Gasteiger partial charge < -0.3 is 0 Å². The smallest absolute Gasteiger partial charge is 0.196 e. The van der Waals surface area contributed by atoms with Crippen molar-refractivity contribution in [1.29, 1.82) is 0 Å². The van der Waals surface area contributed by atoms with Gasteiger partial charge in [0.15, 0.2) is 11.6 Å². The van der Waals surface area contributed by atoms with E-state index in [4.69, 9.17) is 11.6 Å². The lowest BCUT2D eigenvalue weighted by Crippen LogP contribution is -2.05. The fourth-order valence-electron chi connectivity index (χ4n) is 2.14. The van der Waals surface area contributed by atoms with Crippen LogP contribution in [0.1, 0.15) is 15.9 Å². The van der Waals surface area contributed by atoms with E-state index in [2.05, 4.69) is 4.98 Å². The Kier molecular flexibility index (Phi) is 3.20. The van der Waals surface area contributed by atoms with Crippen molar-refractivity contribution in [2.45, 2.75) is 0 Å². The molecule has 0 amide bonds. The van der Waals surface area contributed by atoms with E-state index in [1.54, 1.807) is 36.7 Å². The van der Waals surface area contributed by atoms with Crippen molar-refractivity contribution in [3.63, 3.8) is 0 Å². The number of halogens is 2. The zero-order valence-corrected chi connectivity index (χ0v) is 11.1. The molecule has 0 aliphatic heterocycles. The van der Waals surface area contributed by atoms with Gasteiger partial charge >= 0.3 is 0 Å². The van der Waals surface area contributed by atoms with Crippen LogP contribution < -0.4 is 0 Å². The monoisotopic (exact) mass is 285 g/mol. The maximum absolute atomic E-state index is 14.0. The number of aromatic nitrogens is 1. The summed E-state index contributed by atoms with van der Waals surface area (Å²) in [5, 5.41) is 1.52. The van der Waals surface area contributed by atoms with E-state index in [1.165, 1.54) is 12.1 Å². The first-order chi connectivity index (χ1) is 9.68. The van der Waals surface area contributed by atoms with Crippen molar-refractivity contribution in [2.75, 3.05) is 0 Å². The average Bonchev–Trinajstić information content (AvgIpc) is 2.49. The van der Waals surface area contributed by atoms with Crippen LogP contribution >= 0.6 is 11.6 Å². The fraction of sp³-hybridized carbons (Fsp3) is 0. The number of fused-ring (bicyclic) bond motifs is 1. The van der Waals surface area contributed by atoms with E-state index in [0.717, 1.165) is 10.8 Å². The molecule has 1 heterocycles. The number of rotatable bonds is 2. The van der Waals surface area contributed by atoms with Crippen molar-refractivity contribution in [2.24, 2.45) is 0 Å². The van der Waals surface area contributed by atoms with E-state index in [-0.39, 0.29) is 16.4 Å². The molecule has 0 saturated heterocycles. The summed E-state index contributed by atoms with van der Waals surface area (Å²) in [6.45, 7) is 0. The summed E-state index contributed by atoms with van der Waals surface area (Å²) in [6.07, 6.45) is 3.27. The molecule has 1 aromatic heterocycles. The summed E-state index contributed by atoms with van der Waals surface area (Å²) >= 11 is 5.73. The second-order valence-corrected chi connectivity index (χ2v) is 4.74. The average molecular weight is 286 g/mol. The Morgan fingerprint density at radius 1 is 1.05 bits per heavy atom. The van der Waals surface area contributed by atoms with Gasteiger partial charge in [-0.3, -0.25) is 9.78 Å². The van der Waals surface area contributed by atoms with Gasteiger partial charge in [0.2, 0.25) is 0 Å². The Hall–Kier alpha value is -2.26. The molecule has 0 atom stereocenters.